The Morgan fingerprint density at radius 1 is 1.16 bits per heavy atom. The van der Waals surface area contributed by atoms with Crippen LogP contribution in [0.15, 0.2) is 48.5 Å². The molecular formula is C19H20F3NO2. The molecule has 1 atom stereocenters. The number of alkyl halides is 3. The van der Waals surface area contributed by atoms with E-state index in [0.717, 1.165) is 24.1 Å². The standard InChI is InChI=1S/C19H20F3NO2/c1-3-13(2)16-9-4-5-10-17(16)23-18(24)12-25-15-8-6-7-14(11-15)19(20,21)22/h4-11,13H,3,12H2,1-2H3,(H,23,24)/t13-/m1/s1. The predicted molar refractivity (Wildman–Crippen MR) is 90.7 cm³/mol. The van der Waals surface area contributed by atoms with Gasteiger partial charge in [0.2, 0.25) is 0 Å². The van der Waals surface area contributed by atoms with Crippen molar-refractivity contribution in [2.24, 2.45) is 0 Å². The summed E-state index contributed by atoms with van der Waals surface area (Å²) in [6, 6.07) is 11.9. The van der Waals surface area contributed by atoms with E-state index in [1.165, 1.54) is 12.1 Å². The third-order valence-corrected chi connectivity index (χ3v) is 3.91. The van der Waals surface area contributed by atoms with E-state index in [4.69, 9.17) is 4.74 Å². The summed E-state index contributed by atoms with van der Waals surface area (Å²) in [6.07, 6.45) is -3.52. The minimum Gasteiger partial charge on any atom is -0.484 e. The normalized spacial score (nSPS) is 12.5. The zero-order valence-electron chi connectivity index (χ0n) is 14.1. The molecule has 1 N–H and O–H groups in total. The number of carbonyl (C=O) groups excluding carboxylic acids is 1. The lowest BCUT2D eigenvalue weighted by atomic mass is 9.97. The number of carbonyl (C=O) groups is 1. The summed E-state index contributed by atoms with van der Waals surface area (Å²) in [5, 5.41) is 2.75. The molecule has 25 heavy (non-hydrogen) atoms. The van der Waals surface area contributed by atoms with Crippen LogP contribution in [0.25, 0.3) is 0 Å². The van der Waals surface area contributed by atoms with Crippen molar-refractivity contribution in [1.29, 1.82) is 0 Å². The van der Waals surface area contributed by atoms with Crippen LogP contribution in [0, 0.1) is 0 Å². The van der Waals surface area contributed by atoms with Gasteiger partial charge in [0.05, 0.1) is 5.56 Å². The number of rotatable bonds is 6. The van der Waals surface area contributed by atoms with Crippen molar-refractivity contribution < 1.29 is 22.7 Å². The molecule has 3 nitrogen and oxygen atoms in total. The van der Waals surface area contributed by atoms with Crippen molar-refractivity contribution in [2.75, 3.05) is 11.9 Å². The second kappa shape index (κ2) is 8.05. The Kier molecular flexibility index (Phi) is 6.07. The molecule has 0 aromatic heterocycles. The minimum atomic E-state index is -4.45. The van der Waals surface area contributed by atoms with Crippen LogP contribution >= 0.6 is 0 Å². The van der Waals surface area contributed by atoms with Crippen molar-refractivity contribution in [3.63, 3.8) is 0 Å². The molecule has 1 amide bonds. The lowest BCUT2D eigenvalue weighted by Crippen LogP contribution is -2.21. The first-order chi connectivity index (χ1) is 11.8. The average molecular weight is 351 g/mol. The zero-order valence-corrected chi connectivity index (χ0v) is 14.1. The monoisotopic (exact) mass is 351 g/mol. The molecule has 0 saturated heterocycles. The SMILES string of the molecule is CC[C@@H](C)c1ccccc1NC(=O)COc1cccc(C(F)(F)F)c1. The highest BCUT2D eigenvalue weighted by Crippen LogP contribution is 2.31. The maximum Gasteiger partial charge on any atom is 0.416 e. The van der Waals surface area contributed by atoms with Crippen molar-refractivity contribution in [3.8, 4) is 5.75 Å². The molecule has 2 rings (SSSR count). The molecule has 0 aliphatic carbocycles. The summed E-state index contributed by atoms with van der Waals surface area (Å²) in [4.78, 5) is 12.1. The number of amides is 1. The number of benzene rings is 2. The van der Waals surface area contributed by atoms with E-state index >= 15 is 0 Å². The lowest BCUT2D eigenvalue weighted by molar-refractivity contribution is -0.137. The third-order valence-electron chi connectivity index (χ3n) is 3.91. The van der Waals surface area contributed by atoms with E-state index < -0.39 is 17.6 Å². The molecule has 0 fully saturated rings. The Bertz CT molecular complexity index is 729. The number of nitrogens with one attached hydrogen (secondary N) is 1. The van der Waals surface area contributed by atoms with Crippen LogP contribution in [0.2, 0.25) is 0 Å². The molecule has 0 radical (unpaired) electrons. The summed E-state index contributed by atoms with van der Waals surface area (Å²) >= 11 is 0. The molecular weight excluding hydrogens is 331 g/mol. The van der Waals surface area contributed by atoms with Crippen molar-refractivity contribution >= 4 is 11.6 Å². The molecule has 0 spiro atoms. The third kappa shape index (κ3) is 5.24. The summed E-state index contributed by atoms with van der Waals surface area (Å²) < 4.78 is 43.2. The van der Waals surface area contributed by atoms with Gasteiger partial charge in [-0.15, -0.1) is 0 Å². The maximum atomic E-state index is 12.7. The predicted octanol–water partition coefficient (Wildman–Crippen LogP) is 5.24. The van der Waals surface area contributed by atoms with Crippen LogP contribution < -0.4 is 10.1 Å². The Morgan fingerprint density at radius 2 is 1.88 bits per heavy atom. The van der Waals surface area contributed by atoms with Crippen molar-refractivity contribution in [3.05, 3.63) is 59.7 Å². The van der Waals surface area contributed by atoms with Gasteiger partial charge < -0.3 is 10.1 Å². The molecule has 0 aliphatic heterocycles. The molecule has 0 aliphatic rings. The number of hydrogen-bond acceptors (Lipinski definition) is 2. The van der Waals surface area contributed by atoms with Crippen LogP contribution in [0.3, 0.4) is 0 Å². The first-order valence-electron chi connectivity index (χ1n) is 8.00. The van der Waals surface area contributed by atoms with E-state index in [9.17, 15) is 18.0 Å². The number of halogens is 3. The van der Waals surface area contributed by atoms with Gasteiger partial charge in [-0.3, -0.25) is 4.79 Å². The zero-order chi connectivity index (χ0) is 18.4. The average Bonchev–Trinajstić information content (AvgIpc) is 2.59. The van der Waals surface area contributed by atoms with E-state index in [1.807, 2.05) is 18.2 Å². The van der Waals surface area contributed by atoms with Gasteiger partial charge in [0.25, 0.3) is 5.91 Å². The lowest BCUT2D eigenvalue weighted by Gasteiger charge is -2.16. The van der Waals surface area contributed by atoms with Crippen LogP contribution in [0.4, 0.5) is 18.9 Å². The molecule has 2 aromatic carbocycles. The van der Waals surface area contributed by atoms with E-state index in [1.54, 1.807) is 6.07 Å². The largest absolute Gasteiger partial charge is 0.484 e. The second-order valence-corrected chi connectivity index (χ2v) is 5.76. The van der Waals surface area contributed by atoms with Gasteiger partial charge in [-0.1, -0.05) is 38.1 Å². The highest BCUT2D eigenvalue weighted by atomic mass is 19.4. The van der Waals surface area contributed by atoms with Crippen molar-refractivity contribution in [1.82, 2.24) is 0 Å². The fourth-order valence-electron chi connectivity index (χ4n) is 2.36. The number of hydrogen-bond donors (Lipinski definition) is 1. The number of para-hydroxylation sites is 1. The maximum absolute atomic E-state index is 12.7. The second-order valence-electron chi connectivity index (χ2n) is 5.76. The van der Waals surface area contributed by atoms with Gasteiger partial charge in [0, 0.05) is 5.69 Å². The summed E-state index contributed by atoms with van der Waals surface area (Å²) in [7, 11) is 0. The van der Waals surface area contributed by atoms with Gasteiger partial charge in [-0.2, -0.15) is 13.2 Å². The highest BCUT2D eigenvalue weighted by molar-refractivity contribution is 5.92. The first-order valence-corrected chi connectivity index (χ1v) is 8.00. The molecule has 6 heteroatoms. The quantitative estimate of drug-likeness (QED) is 0.773. The fourth-order valence-corrected chi connectivity index (χ4v) is 2.36. The summed E-state index contributed by atoms with van der Waals surface area (Å²) in [5.41, 5.74) is 0.888. The molecule has 0 bridgehead atoms. The molecule has 2 aromatic rings. The van der Waals surface area contributed by atoms with Crippen LogP contribution in [0.5, 0.6) is 5.75 Å². The molecule has 0 saturated carbocycles. The first kappa shape index (κ1) is 18.8. The molecule has 0 unspecified atom stereocenters. The van der Waals surface area contributed by atoms with Gasteiger partial charge >= 0.3 is 6.18 Å². The van der Waals surface area contributed by atoms with Gasteiger partial charge in [-0.25, -0.2) is 0 Å². The van der Waals surface area contributed by atoms with E-state index in [0.29, 0.717) is 5.69 Å². The van der Waals surface area contributed by atoms with Gasteiger partial charge in [0.1, 0.15) is 5.75 Å². The van der Waals surface area contributed by atoms with E-state index in [2.05, 4.69) is 19.2 Å². The summed E-state index contributed by atoms with van der Waals surface area (Å²) in [5.74, 6) is -0.144. The van der Waals surface area contributed by atoms with Gasteiger partial charge in [-0.05, 0) is 42.2 Å². The topological polar surface area (TPSA) is 38.3 Å². The fraction of sp³-hybridized carbons (Fsp3) is 0.316. The Balaban J connectivity index is 2.00. The van der Waals surface area contributed by atoms with E-state index in [-0.39, 0.29) is 18.3 Å². The number of ether oxygens (including phenoxy) is 1. The molecule has 0 heterocycles. The van der Waals surface area contributed by atoms with Crippen LogP contribution in [-0.4, -0.2) is 12.5 Å². The van der Waals surface area contributed by atoms with Crippen molar-refractivity contribution in [2.45, 2.75) is 32.4 Å². The minimum absolute atomic E-state index is 0.000173. The van der Waals surface area contributed by atoms with Crippen LogP contribution in [-0.2, 0) is 11.0 Å². The van der Waals surface area contributed by atoms with Gasteiger partial charge in [0.15, 0.2) is 6.61 Å². The smallest absolute Gasteiger partial charge is 0.416 e. The van der Waals surface area contributed by atoms with Crippen LogP contribution in [0.1, 0.15) is 37.3 Å². The Labute approximate surface area is 144 Å². The Morgan fingerprint density at radius 3 is 2.56 bits per heavy atom. The Hall–Kier alpha value is -2.50. The number of anilines is 1. The summed E-state index contributed by atoms with van der Waals surface area (Å²) in [6.45, 7) is 3.75. The highest BCUT2D eigenvalue weighted by Gasteiger charge is 2.30. The molecule has 134 valence electrons.